The molecule has 0 bridgehead atoms. The quantitative estimate of drug-likeness (QED) is 0.787. The largest absolute Gasteiger partial charge is 0.341 e. The first kappa shape index (κ1) is 17.1. The highest BCUT2D eigenvalue weighted by atomic mass is 16.2. The molecule has 4 radical (unpaired) electrons. The first-order valence-corrected chi connectivity index (χ1v) is 7.92. The van der Waals surface area contributed by atoms with Crippen LogP contribution in [0.4, 0.5) is 0 Å². The summed E-state index contributed by atoms with van der Waals surface area (Å²) in [5.74, 6) is 0.582. The summed E-state index contributed by atoms with van der Waals surface area (Å²) >= 11 is 0. The van der Waals surface area contributed by atoms with Gasteiger partial charge in [-0.05, 0) is 56.2 Å². The summed E-state index contributed by atoms with van der Waals surface area (Å²) in [4.78, 5) is 20.3. The van der Waals surface area contributed by atoms with Gasteiger partial charge < -0.3 is 9.80 Å². The molecule has 2 heterocycles. The predicted octanol–water partition coefficient (Wildman–Crippen LogP) is 1.35. The highest BCUT2D eigenvalue weighted by Crippen LogP contribution is 2.26. The average molecular weight is 295 g/mol. The molecule has 22 heavy (non-hydrogen) atoms. The fraction of sp³-hybridized carbons (Fsp3) is 0.625. The van der Waals surface area contributed by atoms with E-state index in [4.69, 9.17) is 15.7 Å². The molecule has 0 saturated carbocycles. The molecule has 114 valence electrons. The minimum atomic E-state index is -1.14. The van der Waals surface area contributed by atoms with Crippen molar-refractivity contribution in [1.82, 2.24) is 14.8 Å². The molecule has 0 aromatic carbocycles. The van der Waals surface area contributed by atoms with Gasteiger partial charge in [0.05, 0.1) is 15.7 Å². The molecule has 1 aliphatic rings. The third-order valence-electron chi connectivity index (χ3n) is 4.51. The summed E-state index contributed by atoms with van der Waals surface area (Å²) in [6, 6.07) is 5.28. The number of amides is 1. The Labute approximate surface area is 136 Å². The molecule has 0 N–H and O–H groups in total. The van der Waals surface area contributed by atoms with E-state index in [9.17, 15) is 4.79 Å². The van der Waals surface area contributed by atoms with Gasteiger partial charge in [0.15, 0.2) is 0 Å². The van der Waals surface area contributed by atoms with Crippen molar-refractivity contribution in [2.75, 3.05) is 26.7 Å². The number of likely N-dealkylation sites (tertiary alicyclic amines) is 1. The van der Waals surface area contributed by atoms with E-state index in [1.165, 1.54) is 0 Å². The lowest BCUT2D eigenvalue weighted by Gasteiger charge is -2.43. The Morgan fingerprint density at radius 2 is 2.05 bits per heavy atom. The van der Waals surface area contributed by atoms with Crippen LogP contribution in [-0.4, -0.2) is 63.1 Å². The van der Waals surface area contributed by atoms with Crippen LogP contribution in [-0.2, 0) is 5.34 Å². The predicted molar refractivity (Wildman–Crippen MR) is 90.0 cm³/mol. The van der Waals surface area contributed by atoms with Crippen LogP contribution in [0.25, 0.3) is 0 Å². The Morgan fingerprint density at radius 3 is 2.64 bits per heavy atom. The van der Waals surface area contributed by atoms with Crippen molar-refractivity contribution in [2.45, 2.75) is 32.0 Å². The second kappa shape index (κ2) is 6.86. The maximum absolute atomic E-state index is 12.2. The summed E-state index contributed by atoms with van der Waals surface area (Å²) in [5.41, 5.74) is 0.921. The van der Waals surface area contributed by atoms with Gasteiger partial charge >= 0.3 is 0 Å². The average Bonchev–Trinajstić information content (AvgIpc) is 2.54. The molecule has 6 heteroatoms. The van der Waals surface area contributed by atoms with Gasteiger partial charge in [-0.25, -0.2) is 4.98 Å². The highest BCUT2D eigenvalue weighted by Gasteiger charge is 2.31. The second-order valence-corrected chi connectivity index (χ2v) is 6.22. The molecule has 1 aliphatic heterocycles. The van der Waals surface area contributed by atoms with Gasteiger partial charge in [-0.1, -0.05) is 13.0 Å². The van der Waals surface area contributed by atoms with E-state index in [0.29, 0.717) is 23.9 Å². The maximum atomic E-state index is 12.2. The molecule has 4 nitrogen and oxygen atoms in total. The molecular formula is C16H23B2N3O. The number of pyridine rings is 1. The van der Waals surface area contributed by atoms with E-state index in [1.807, 2.05) is 11.8 Å². The molecule has 1 amide bonds. The lowest BCUT2D eigenvalue weighted by Crippen LogP contribution is -2.51. The summed E-state index contributed by atoms with van der Waals surface area (Å²) < 4.78 is 0. The molecule has 2 rings (SSSR count). The maximum Gasteiger partial charge on any atom is 0.272 e. The zero-order chi connectivity index (χ0) is 16.3. The zero-order valence-corrected chi connectivity index (χ0v) is 13.7. The number of carbonyl (C=O) groups is 1. The van der Waals surface area contributed by atoms with Crippen molar-refractivity contribution in [3.8, 4) is 0 Å². The standard InChI is InChI=1S/C16H23B2N3O/c1-4-20(3)15(22)13-6-5-7-14(19-13)16(17,18)21-10-8-12(2)9-11-21/h5-7,12H,4,8-11H2,1-3H3. The van der Waals surface area contributed by atoms with Gasteiger partial charge in [0.1, 0.15) is 5.69 Å². The molecule has 1 fully saturated rings. The molecule has 0 aliphatic carbocycles. The summed E-state index contributed by atoms with van der Waals surface area (Å²) in [6.45, 7) is 6.49. The third kappa shape index (κ3) is 3.54. The van der Waals surface area contributed by atoms with Crippen molar-refractivity contribution in [1.29, 1.82) is 0 Å². The number of carbonyl (C=O) groups excluding carboxylic acids is 1. The van der Waals surface area contributed by atoms with Crippen molar-refractivity contribution < 1.29 is 4.79 Å². The SMILES string of the molecule is [B]C([B])(c1cccc(C(=O)N(C)CC)n1)N1CCC(C)CC1. The van der Waals surface area contributed by atoms with E-state index in [-0.39, 0.29) is 5.91 Å². The molecule has 1 aromatic rings. The van der Waals surface area contributed by atoms with Crippen molar-refractivity contribution in [3.63, 3.8) is 0 Å². The molecule has 1 aromatic heterocycles. The smallest absolute Gasteiger partial charge is 0.272 e. The van der Waals surface area contributed by atoms with Crippen molar-refractivity contribution in [3.05, 3.63) is 29.6 Å². The van der Waals surface area contributed by atoms with Crippen LogP contribution in [0.2, 0.25) is 0 Å². The van der Waals surface area contributed by atoms with E-state index in [0.717, 1.165) is 25.9 Å². The van der Waals surface area contributed by atoms with Crippen LogP contribution < -0.4 is 0 Å². The van der Waals surface area contributed by atoms with E-state index in [2.05, 4.69) is 11.9 Å². The monoisotopic (exact) mass is 295 g/mol. The Hall–Kier alpha value is -1.29. The van der Waals surface area contributed by atoms with Gasteiger partial charge in [0.25, 0.3) is 5.91 Å². The number of rotatable bonds is 4. The Bertz CT molecular complexity index is 528. The van der Waals surface area contributed by atoms with Crippen molar-refractivity contribution >= 4 is 21.6 Å². The van der Waals surface area contributed by atoms with Crippen LogP contribution >= 0.6 is 0 Å². The van der Waals surface area contributed by atoms with Crippen LogP contribution in [0.15, 0.2) is 18.2 Å². The molecule has 0 spiro atoms. The van der Waals surface area contributed by atoms with Crippen LogP contribution in [0.3, 0.4) is 0 Å². The number of piperidine rings is 1. The number of aromatic nitrogens is 1. The van der Waals surface area contributed by atoms with Gasteiger partial charge in [-0.2, -0.15) is 0 Å². The number of nitrogens with zero attached hydrogens (tertiary/aromatic N) is 3. The third-order valence-corrected chi connectivity index (χ3v) is 4.51. The lowest BCUT2D eigenvalue weighted by molar-refractivity contribution is 0.0795. The van der Waals surface area contributed by atoms with Crippen molar-refractivity contribution in [2.24, 2.45) is 5.92 Å². The first-order chi connectivity index (χ1) is 10.4. The summed E-state index contributed by atoms with van der Waals surface area (Å²) in [5, 5.41) is -1.14. The van der Waals surface area contributed by atoms with Gasteiger partial charge in [0.2, 0.25) is 0 Å². The van der Waals surface area contributed by atoms with Gasteiger partial charge in [-0.15, -0.1) is 0 Å². The van der Waals surface area contributed by atoms with Crippen LogP contribution in [0.5, 0.6) is 0 Å². The van der Waals surface area contributed by atoms with E-state index >= 15 is 0 Å². The molecule has 0 atom stereocenters. The Morgan fingerprint density at radius 1 is 1.41 bits per heavy atom. The topological polar surface area (TPSA) is 36.4 Å². The number of hydrogen-bond donors (Lipinski definition) is 0. The highest BCUT2D eigenvalue weighted by molar-refractivity contribution is 6.39. The van der Waals surface area contributed by atoms with Crippen LogP contribution in [0, 0.1) is 5.92 Å². The van der Waals surface area contributed by atoms with E-state index < -0.39 is 5.34 Å². The van der Waals surface area contributed by atoms with E-state index in [1.54, 1.807) is 30.1 Å². The van der Waals surface area contributed by atoms with Gasteiger partial charge in [-0.3, -0.25) is 4.79 Å². The first-order valence-electron chi connectivity index (χ1n) is 7.92. The minimum absolute atomic E-state index is 0.118. The summed E-state index contributed by atoms with van der Waals surface area (Å²) in [7, 11) is 14.5. The molecular weight excluding hydrogens is 272 g/mol. The number of hydrogen-bond acceptors (Lipinski definition) is 3. The summed E-state index contributed by atoms with van der Waals surface area (Å²) in [6.07, 6.45) is 2.15. The Balaban J connectivity index is 2.22. The second-order valence-electron chi connectivity index (χ2n) is 6.22. The normalized spacial score (nSPS) is 17.4. The molecule has 1 saturated heterocycles. The fourth-order valence-corrected chi connectivity index (χ4v) is 2.66. The van der Waals surface area contributed by atoms with Crippen LogP contribution in [0.1, 0.15) is 42.9 Å². The minimum Gasteiger partial charge on any atom is -0.341 e. The zero-order valence-electron chi connectivity index (χ0n) is 13.7. The Kier molecular flexibility index (Phi) is 5.32. The molecule has 0 unspecified atom stereocenters. The van der Waals surface area contributed by atoms with Gasteiger partial charge in [0, 0.05) is 19.3 Å². The lowest BCUT2D eigenvalue weighted by atomic mass is 9.58. The fourth-order valence-electron chi connectivity index (χ4n) is 2.66.